The number of nitrogens with zero attached hydrogens (tertiary/aromatic N) is 7. The molecule has 4 aromatic carbocycles. The molecule has 0 N–H and O–H groups in total. The van der Waals surface area contributed by atoms with E-state index in [0.29, 0.717) is 40.6 Å². The van der Waals surface area contributed by atoms with E-state index in [0.717, 1.165) is 16.7 Å². The van der Waals surface area contributed by atoms with Crippen LogP contribution in [0.1, 0.15) is 74.3 Å². The second kappa shape index (κ2) is 22.1. The van der Waals surface area contributed by atoms with Gasteiger partial charge in [-0.3, -0.25) is 14.3 Å². The zero-order valence-electron chi connectivity index (χ0n) is 38.7. The number of benzene rings is 4. The molecule has 66 heavy (non-hydrogen) atoms. The Morgan fingerprint density at radius 1 is 0.818 bits per heavy atom. The lowest BCUT2D eigenvalue weighted by Crippen LogP contribution is -2.42. The van der Waals surface area contributed by atoms with Gasteiger partial charge >= 0.3 is 0 Å². The Kier molecular flexibility index (Phi) is 16.1. The number of rotatable bonds is 21. The Morgan fingerprint density at radius 3 is 1.95 bits per heavy atom. The van der Waals surface area contributed by atoms with Gasteiger partial charge in [0.25, 0.3) is 14.4 Å². The van der Waals surface area contributed by atoms with Gasteiger partial charge in [0.2, 0.25) is 0 Å². The number of methoxy groups -OCH3 is 3. The van der Waals surface area contributed by atoms with Crippen LogP contribution in [0.15, 0.2) is 122 Å². The molecular formula is C50H58N7O8P. The van der Waals surface area contributed by atoms with E-state index in [2.05, 4.69) is 43.4 Å². The molecule has 0 radical (unpaired) electrons. The van der Waals surface area contributed by atoms with Gasteiger partial charge in [0.15, 0.2) is 23.2 Å². The largest absolute Gasteiger partial charge is 0.497 e. The molecule has 6 aromatic rings. The molecule has 1 fully saturated rings. The van der Waals surface area contributed by atoms with Crippen LogP contribution in [0.3, 0.4) is 0 Å². The van der Waals surface area contributed by atoms with Crippen LogP contribution < -0.4 is 14.4 Å². The fourth-order valence-corrected chi connectivity index (χ4v) is 10.2. The van der Waals surface area contributed by atoms with Crippen molar-refractivity contribution in [2.45, 2.75) is 83.3 Å². The highest BCUT2D eigenvalue weighted by Gasteiger charge is 2.51. The van der Waals surface area contributed by atoms with Crippen molar-refractivity contribution in [2.75, 3.05) is 46.0 Å². The van der Waals surface area contributed by atoms with Gasteiger partial charge in [-0.1, -0.05) is 72.8 Å². The maximum Gasteiger partial charge on any atom is 0.259 e. The van der Waals surface area contributed by atoms with Crippen molar-refractivity contribution >= 4 is 31.4 Å². The lowest BCUT2D eigenvalue weighted by atomic mass is 9.80. The SMILES string of the molecule is CCN(C(=O)c1ccccc1)c1ncnc2c1ncn2[C@@H]1O[C@H](COC(c2ccccc2)(c2ccc(OC)cc2)c2ccc(OC)cc2)[C@@H](OP(OCCC#N)N(C(C)C)C(C)C)[C@H]1OC. The second-order valence-electron chi connectivity index (χ2n) is 16.1. The van der Waals surface area contributed by atoms with Gasteiger partial charge in [-0.2, -0.15) is 5.26 Å². The smallest absolute Gasteiger partial charge is 0.259 e. The number of hydrogen-bond acceptors (Lipinski definition) is 13. The molecule has 16 heteroatoms. The molecule has 1 saturated heterocycles. The molecule has 5 atom stereocenters. The zero-order chi connectivity index (χ0) is 46.8. The lowest BCUT2D eigenvalue weighted by Gasteiger charge is -2.39. The first-order valence-electron chi connectivity index (χ1n) is 22.1. The van der Waals surface area contributed by atoms with Crippen molar-refractivity contribution in [3.63, 3.8) is 0 Å². The number of ether oxygens (including phenoxy) is 5. The van der Waals surface area contributed by atoms with E-state index in [-0.39, 0.29) is 37.6 Å². The molecule has 2 aromatic heterocycles. The minimum absolute atomic E-state index is 0.000753. The first kappa shape index (κ1) is 48.1. The van der Waals surface area contributed by atoms with Gasteiger partial charge in [0.05, 0.1) is 46.3 Å². The van der Waals surface area contributed by atoms with E-state index in [1.165, 1.54) is 6.33 Å². The van der Waals surface area contributed by atoms with Gasteiger partial charge in [0, 0.05) is 31.3 Å². The van der Waals surface area contributed by atoms with Crippen molar-refractivity contribution in [1.82, 2.24) is 24.2 Å². The third-order valence-electron chi connectivity index (χ3n) is 11.5. The first-order chi connectivity index (χ1) is 32.1. The average molecular weight is 916 g/mol. The van der Waals surface area contributed by atoms with Gasteiger partial charge in [-0.25, -0.2) is 19.6 Å². The zero-order valence-corrected chi connectivity index (χ0v) is 39.6. The minimum Gasteiger partial charge on any atom is -0.497 e. The van der Waals surface area contributed by atoms with E-state index in [1.54, 1.807) is 49.3 Å². The summed E-state index contributed by atoms with van der Waals surface area (Å²) in [5, 5.41) is 9.53. The van der Waals surface area contributed by atoms with Crippen molar-refractivity contribution in [3.05, 3.63) is 144 Å². The van der Waals surface area contributed by atoms with E-state index in [4.69, 9.17) is 42.7 Å². The second-order valence-corrected chi connectivity index (χ2v) is 17.5. The molecule has 1 aliphatic heterocycles. The summed E-state index contributed by atoms with van der Waals surface area (Å²) in [6, 6.07) is 37.0. The summed E-state index contributed by atoms with van der Waals surface area (Å²) >= 11 is 0. The molecule has 0 saturated carbocycles. The van der Waals surface area contributed by atoms with Gasteiger partial charge in [-0.15, -0.1) is 0 Å². The third-order valence-corrected chi connectivity index (χ3v) is 13.6. The third kappa shape index (κ3) is 9.96. The summed E-state index contributed by atoms with van der Waals surface area (Å²) in [6.45, 7) is 10.7. The van der Waals surface area contributed by atoms with Crippen molar-refractivity contribution in [1.29, 1.82) is 5.26 Å². The van der Waals surface area contributed by atoms with Gasteiger partial charge in [-0.05, 0) is 87.7 Å². The van der Waals surface area contributed by atoms with E-state index in [9.17, 15) is 10.1 Å². The predicted molar refractivity (Wildman–Crippen MR) is 252 cm³/mol. The van der Waals surface area contributed by atoms with Crippen LogP contribution in [0.5, 0.6) is 11.5 Å². The molecule has 0 bridgehead atoms. The van der Waals surface area contributed by atoms with Crippen LogP contribution in [0, 0.1) is 11.3 Å². The first-order valence-corrected chi connectivity index (χ1v) is 23.2. The lowest BCUT2D eigenvalue weighted by molar-refractivity contribution is -0.0938. The molecule has 1 unspecified atom stereocenters. The maximum atomic E-state index is 13.9. The molecule has 1 aliphatic rings. The van der Waals surface area contributed by atoms with E-state index < -0.39 is 38.7 Å². The van der Waals surface area contributed by atoms with E-state index in [1.807, 2.05) is 104 Å². The van der Waals surface area contributed by atoms with Crippen LogP contribution in [0.4, 0.5) is 5.82 Å². The Hall–Kier alpha value is -5.82. The van der Waals surface area contributed by atoms with Crippen LogP contribution in [0.2, 0.25) is 0 Å². The Bertz CT molecular complexity index is 2470. The summed E-state index contributed by atoms with van der Waals surface area (Å²) in [5.74, 6) is 1.54. The maximum absolute atomic E-state index is 13.9. The normalized spacial score (nSPS) is 17.9. The van der Waals surface area contributed by atoms with Crippen LogP contribution in [-0.4, -0.2) is 102 Å². The molecule has 0 spiro atoms. The average Bonchev–Trinajstić information content (AvgIpc) is 3.93. The molecule has 346 valence electrons. The number of carbonyl (C=O) groups excluding carboxylic acids is 1. The Labute approximate surface area is 388 Å². The number of aromatic nitrogens is 4. The highest BCUT2D eigenvalue weighted by atomic mass is 31.2. The molecule has 1 amide bonds. The Balaban J connectivity index is 1.35. The number of hydrogen-bond donors (Lipinski definition) is 0. The van der Waals surface area contributed by atoms with Crippen LogP contribution in [0.25, 0.3) is 11.2 Å². The molecule has 3 heterocycles. The fraction of sp³-hybridized carbons (Fsp3) is 0.380. The van der Waals surface area contributed by atoms with Crippen LogP contribution >= 0.6 is 8.53 Å². The van der Waals surface area contributed by atoms with Crippen molar-refractivity contribution < 1.29 is 37.5 Å². The molecule has 15 nitrogen and oxygen atoms in total. The van der Waals surface area contributed by atoms with E-state index >= 15 is 0 Å². The number of nitriles is 1. The molecule has 7 rings (SSSR count). The minimum atomic E-state index is -1.78. The summed E-state index contributed by atoms with van der Waals surface area (Å²) in [6.07, 6.45) is 0.0493. The standard InChI is InChI=1S/C50H58N7O8P/c1-9-55(48(58)36-17-12-10-13-18-36)46-43-47(53-32-52-46)56(33-54-43)49-45(61-8)44(65-66(63-30-16-29-51)57(34(2)3)35(4)5)42(64-49)31-62-50(37-19-14-11-15-20-37,38-21-25-40(59-6)26-22-38)39-23-27-41(60-7)28-24-39/h10-15,17-28,32-35,42,44-45,49H,9,16,30-31H2,1-8H3/t42-,44-,45-,49-,66?/m1/s1. The summed E-state index contributed by atoms with van der Waals surface area (Å²) in [5.41, 5.74) is 2.75. The number of imidazole rings is 1. The summed E-state index contributed by atoms with van der Waals surface area (Å²) < 4.78 is 49.7. The number of carbonyl (C=O) groups is 1. The van der Waals surface area contributed by atoms with Gasteiger partial charge in [0.1, 0.15) is 41.7 Å². The summed E-state index contributed by atoms with van der Waals surface area (Å²) in [7, 11) is 3.11. The number of fused-ring (bicyclic) bond motifs is 1. The molecular weight excluding hydrogens is 858 g/mol. The van der Waals surface area contributed by atoms with Crippen molar-refractivity contribution in [3.8, 4) is 17.6 Å². The summed E-state index contributed by atoms with van der Waals surface area (Å²) in [4.78, 5) is 29.5. The highest BCUT2D eigenvalue weighted by molar-refractivity contribution is 7.44. The topological polar surface area (TPSA) is 156 Å². The van der Waals surface area contributed by atoms with Gasteiger partial charge < -0.3 is 32.7 Å². The monoisotopic (exact) mass is 915 g/mol. The number of anilines is 1. The van der Waals surface area contributed by atoms with Crippen molar-refractivity contribution in [2.24, 2.45) is 0 Å². The highest BCUT2D eigenvalue weighted by Crippen LogP contribution is 2.51. The quantitative estimate of drug-likeness (QED) is 0.0383. The fourth-order valence-electron chi connectivity index (χ4n) is 8.47. The Morgan fingerprint density at radius 2 is 1.41 bits per heavy atom. The number of amides is 1. The molecule has 0 aliphatic carbocycles. The predicted octanol–water partition coefficient (Wildman–Crippen LogP) is 9.09. The van der Waals surface area contributed by atoms with Crippen LogP contribution in [-0.2, 0) is 28.9 Å².